The Kier molecular flexibility index (Phi) is 5.51. The first kappa shape index (κ1) is 18.8. The second-order valence-electron chi connectivity index (χ2n) is 6.99. The Morgan fingerprint density at radius 3 is 2.61 bits per heavy atom. The lowest BCUT2D eigenvalue weighted by Gasteiger charge is -2.16. The van der Waals surface area contributed by atoms with Crippen molar-refractivity contribution in [3.63, 3.8) is 0 Å². The number of ether oxygens (including phenoxy) is 1. The van der Waals surface area contributed by atoms with Crippen molar-refractivity contribution < 1.29 is 9.53 Å². The fraction of sp³-hybridized carbons (Fsp3) is 0.208. The predicted molar refractivity (Wildman–Crippen MR) is 115 cm³/mol. The van der Waals surface area contributed by atoms with E-state index in [9.17, 15) is 4.79 Å². The van der Waals surface area contributed by atoms with Crippen LogP contribution in [0.1, 0.15) is 38.8 Å². The summed E-state index contributed by atoms with van der Waals surface area (Å²) in [6.07, 6.45) is 1.68. The molecule has 1 unspecified atom stereocenters. The van der Waals surface area contributed by atoms with Gasteiger partial charge in [-0.3, -0.25) is 5.32 Å². The summed E-state index contributed by atoms with van der Waals surface area (Å²) in [5.74, 6) is 0.631. The number of aryl methyl sites for hydroxylation is 1. The van der Waals surface area contributed by atoms with Crippen LogP contribution in [0.15, 0.2) is 66.7 Å². The molecule has 1 aliphatic heterocycles. The molecule has 142 valence electrons. The van der Waals surface area contributed by atoms with Crippen LogP contribution < -0.4 is 5.32 Å². The van der Waals surface area contributed by atoms with E-state index in [2.05, 4.69) is 48.0 Å². The molecule has 0 radical (unpaired) electrons. The van der Waals surface area contributed by atoms with Crippen LogP contribution >= 0.6 is 11.8 Å². The number of rotatable bonds is 5. The fourth-order valence-electron chi connectivity index (χ4n) is 3.70. The molecule has 3 aromatic carbocycles. The van der Waals surface area contributed by atoms with Gasteiger partial charge in [0.25, 0.3) is 0 Å². The minimum Gasteiger partial charge on any atom is -0.439 e. The van der Waals surface area contributed by atoms with Gasteiger partial charge in [-0.1, -0.05) is 48.5 Å². The standard InChI is InChI=1S/C24H23NO2S/c1-16-8-6-7-11-19(16)24(26)27-23-21-13-17(15-28-2)12-20(22(21)14-25-23)18-9-4-3-5-10-18/h3-13,23,25H,14-15H2,1-2H3. The minimum absolute atomic E-state index is 0.292. The SMILES string of the molecule is CSCc1cc(-c2ccccc2)c2c(c1)C(OC(=O)c1ccccc1C)NC2. The summed E-state index contributed by atoms with van der Waals surface area (Å²) in [5.41, 5.74) is 7.45. The van der Waals surface area contributed by atoms with E-state index >= 15 is 0 Å². The number of esters is 1. The Morgan fingerprint density at radius 2 is 1.86 bits per heavy atom. The van der Waals surface area contributed by atoms with Gasteiger partial charge < -0.3 is 4.74 Å². The highest BCUT2D eigenvalue weighted by molar-refractivity contribution is 7.97. The van der Waals surface area contributed by atoms with Crippen molar-refractivity contribution in [1.82, 2.24) is 5.32 Å². The molecule has 1 heterocycles. The second kappa shape index (κ2) is 8.21. The highest BCUT2D eigenvalue weighted by Crippen LogP contribution is 2.37. The van der Waals surface area contributed by atoms with Gasteiger partial charge in [-0.25, -0.2) is 4.79 Å². The van der Waals surface area contributed by atoms with Crippen LogP contribution in [-0.4, -0.2) is 12.2 Å². The molecule has 1 N–H and O–H groups in total. The number of benzene rings is 3. The maximum atomic E-state index is 12.7. The van der Waals surface area contributed by atoms with Gasteiger partial charge in [0.05, 0.1) is 5.56 Å². The van der Waals surface area contributed by atoms with Crippen LogP contribution in [0.3, 0.4) is 0 Å². The fourth-order valence-corrected chi connectivity index (χ4v) is 4.20. The van der Waals surface area contributed by atoms with Gasteiger partial charge in [0.2, 0.25) is 0 Å². The van der Waals surface area contributed by atoms with E-state index in [1.165, 1.54) is 22.3 Å². The first-order chi connectivity index (χ1) is 13.7. The van der Waals surface area contributed by atoms with E-state index in [1.54, 1.807) is 11.8 Å². The smallest absolute Gasteiger partial charge is 0.340 e. The third kappa shape index (κ3) is 3.71. The number of thioether (sulfide) groups is 1. The lowest BCUT2D eigenvalue weighted by atomic mass is 9.94. The Bertz CT molecular complexity index is 1000. The lowest BCUT2D eigenvalue weighted by molar-refractivity contribution is 0.0236. The van der Waals surface area contributed by atoms with Crippen molar-refractivity contribution in [2.45, 2.75) is 25.4 Å². The summed E-state index contributed by atoms with van der Waals surface area (Å²) in [7, 11) is 0. The first-order valence-electron chi connectivity index (χ1n) is 9.37. The summed E-state index contributed by atoms with van der Waals surface area (Å²) < 4.78 is 5.87. The van der Waals surface area contributed by atoms with Crippen molar-refractivity contribution in [2.75, 3.05) is 6.26 Å². The molecule has 1 aliphatic rings. The lowest BCUT2D eigenvalue weighted by Crippen LogP contribution is -2.20. The van der Waals surface area contributed by atoms with Crippen LogP contribution in [-0.2, 0) is 17.0 Å². The van der Waals surface area contributed by atoms with Crippen LogP contribution in [0.4, 0.5) is 0 Å². The van der Waals surface area contributed by atoms with E-state index in [0.29, 0.717) is 12.1 Å². The van der Waals surface area contributed by atoms with Gasteiger partial charge >= 0.3 is 5.97 Å². The number of carbonyl (C=O) groups is 1. The zero-order valence-corrected chi connectivity index (χ0v) is 16.9. The molecule has 4 rings (SSSR count). The Balaban J connectivity index is 1.70. The Hall–Kier alpha value is -2.56. The minimum atomic E-state index is -0.425. The maximum absolute atomic E-state index is 12.7. The quantitative estimate of drug-likeness (QED) is 0.586. The van der Waals surface area contributed by atoms with Crippen molar-refractivity contribution in [2.24, 2.45) is 0 Å². The van der Waals surface area contributed by atoms with Crippen molar-refractivity contribution in [3.05, 3.63) is 94.5 Å². The van der Waals surface area contributed by atoms with E-state index in [1.807, 2.05) is 37.3 Å². The average molecular weight is 390 g/mol. The Morgan fingerprint density at radius 1 is 1.11 bits per heavy atom. The molecule has 4 heteroatoms. The molecule has 0 amide bonds. The van der Waals surface area contributed by atoms with Crippen molar-refractivity contribution in [1.29, 1.82) is 0 Å². The molecule has 0 saturated heterocycles. The third-order valence-electron chi connectivity index (χ3n) is 5.08. The summed E-state index contributed by atoms with van der Waals surface area (Å²) in [6, 6.07) is 22.4. The van der Waals surface area contributed by atoms with E-state index in [4.69, 9.17) is 4.74 Å². The number of hydrogen-bond donors (Lipinski definition) is 1. The summed E-state index contributed by atoms with van der Waals surface area (Å²) in [6.45, 7) is 2.61. The molecule has 0 fully saturated rings. The summed E-state index contributed by atoms with van der Waals surface area (Å²) >= 11 is 1.79. The van der Waals surface area contributed by atoms with E-state index < -0.39 is 6.23 Å². The second-order valence-corrected chi connectivity index (χ2v) is 7.86. The van der Waals surface area contributed by atoms with Crippen molar-refractivity contribution >= 4 is 17.7 Å². The molecule has 3 nitrogen and oxygen atoms in total. The van der Waals surface area contributed by atoms with E-state index in [-0.39, 0.29) is 5.97 Å². The zero-order valence-electron chi connectivity index (χ0n) is 16.1. The average Bonchev–Trinajstić information content (AvgIpc) is 3.11. The molecule has 0 aromatic heterocycles. The topological polar surface area (TPSA) is 38.3 Å². The largest absolute Gasteiger partial charge is 0.439 e. The summed E-state index contributed by atoms with van der Waals surface area (Å²) in [5, 5.41) is 3.37. The molecule has 1 atom stereocenters. The van der Waals surface area contributed by atoms with E-state index in [0.717, 1.165) is 16.9 Å². The van der Waals surface area contributed by atoms with Gasteiger partial charge in [-0.15, -0.1) is 0 Å². The Labute approximate surface area is 170 Å². The van der Waals surface area contributed by atoms with Gasteiger partial charge in [0, 0.05) is 17.9 Å². The first-order valence-corrected chi connectivity index (χ1v) is 10.8. The van der Waals surface area contributed by atoms with Crippen LogP contribution in [0.2, 0.25) is 0 Å². The predicted octanol–water partition coefficient (Wildman–Crippen LogP) is 5.48. The summed E-state index contributed by atoms with van der Waals surface area (Å²) in [4.78, 5) is 12.7. The molecule has 0 saturated carbocycles. The monoisotopic (exact) mass is 389 g/mol. The number of nitrogens with one attached hydrogen (secondary N) is 1. The number of hydrogen-bond acceptors (Lipinski definition) is 4. The normalized spacial score (nSPS) is 15.3. The molecule has 3 aromatic rings. The number of fused-ring (bicyclic) bond motifs is 1. The maximum Gasteiger partial charge on any atom is 0.340 e. The molecule has 0 bridgehead atoms. The third-order valence-corrected chi connectivity index (χ3v) is 5.70. The molecule has 0 aliphatic carbocycles. The van der Waals surface area contributed by atoms with Gasteiger partial charge in [0.1, 0.15) is 0 Å². The van der Waals surface area contributed by atoms with Gasteiger partial charge in [0.15, 0.2) is 6.23 Å². The van der Waals surface area contributed by atoms with Crippen LogP contribution in [0.25, 0.3) is 11.1 Å². The number of carbonyl (C=O) groups excluding carboxylic acids is 1. The highest BCUT2D eigenvalue weighted by atomic mass is 32.2. The highest BCUT2D eigenvalue weighted by Gasteiger charge is 2.29. The van der Waals surface area contributed by atoms with Crippen LogP contribution in [0.5, 0.6) is 0 Å². The molecule has 28 heavy (non-hydrogen) atoms. The van der Waals surface area contributed by atoms with Gasteiger partial charge in [-0.2, -0.15) is 11.8 Å². The zero-order chi connectivity index (χ0) is 19.5. The molecule has 0 spiro atoms. The molecular formula is C24H23NO2S. The molecular weight excluding hydrogens is 366 g/mol. The van der Waals surface area contributed by atoms with Gasteiger partial charge in [-0.05, 0) is 59.2 Å². The van der Waals surface area contributed by atoms with Crippen molar-refractivity contribution in [3.8, 4) is 11.1 Å². The van der Waals surface area contributed by atoms with Crippen LogP contribution in [0, 0.1) is 6.92 Å².